The Morgan fingerprint density at radius 3 is 3.00 bits per heavy atom. The molecule has 0 bridgehead atoms. The number of dihydropyridines is 1. The Bertz CT molecular complexity index is 622. The lowest BCUT2D eigenvalue weighted by atomic mass is 10.1. The Hall–Kier alpha value is -2.61. The lowest BCUT2D eigenvalue weighted by molar-refractivity contribution is 0.683. The molecule has 1 aromatic heterocycles. The summed E-state index contributed by atoms with van der Waals surface area (Å²) < 4.78 is 0. The van der Waals surface area contributed by atoms with Crippen LogP contribution < -0.4 is 10.6 Å². The highest BCUT2D eigenvalue weighted by atomic mass is 15.1. The summed E-state index contributed by atoms with van der Waals surface area (Å²) in [6, 6.07) is 4.26. The van der Waals surface area contributed by atoms with Crippen LogP contribution in [0.5, 0.6) is 0 Å². The van der Waals surface area contributed by atoms with E-state index in [-0.39, 0.29) is 0 Å². The van der Waals surface area contributed by atoms with Crippen LogP contribution in [0.2, 0.25) is 0 Å². The number of rotatable bonds is 5. The molecular formula is C16H19N5. The predicted octanol–water partition coefficient (Wildman–Crippen LogP) is 2.98. The molecule has 2 rings (SSSR count). The minimum atomic E-state index is 0.305. The van der Waals surface area contributed by atoms with Gasteiger partial charge in [-0.25, -0.2) is 9.97 Å². The first-order valence-corrected chi connectivity index (χ1v) is 7.08. The maximum Gasteiger partial charge on any atom is 0.223 e. The second-order valence-corrected chi connectivity index (χ2v) is 4.86. The van der Waals surface area contributed by atoms with Crippen molar-refractivity contribution in [2.24, 2.45) is 0 Å². The van der Waals surface area contributed by atoms with Gasteiger partial charge in [-0.1, -0.05) is 19.4 Å². The molecule has 0 saturated heterocycles. The summed E-state index contributed by atoms with van der Waals surface area (Å²) in [4.78, 5) is 8.66. The van der Waals surface area contributed by atoms with Gasteiger partial charge >= 0.3 is 0 Å². The second-order valence-electron chi connectivity index (χ2n) is 4.86. The van der Waals surface area contributed by atoms with Gasteiger partial charge in [-0.3, -0.25) is 0 Å². The predicted molar refractivity (Wildman–Crippen MR) is 84.0 cm³/mol. The highest BCUT2D eigenvalue weighted by molar-refractivity contribution is 5.79. The summed E-state index contributed by atoms with van der Waals surface area (Å²) in [6.45, 7) is 4.24. The van der Waals surface area contributed by atoms with Crippen molar-refractivity contribution >= 4 is 11.5 Å². The standard InChI is InChI=1S/C16H19N5/c1-3-6-12(2)20-16-19-10-8-15(21-16)13(11-17)14-7-4-5-9-18-14/h4-5,7-10,12,18H,3,6H2,1-2H3,(H,19,20,21)/b14-13-. The largest absolute Gasteiger partial charge is 0.361 e. The number of nitrogens with one attached hydrogen (secondary N) is 2. The molecule has 0 fully saturated rings. The van der Waals surface area contributed by atoms with E-state index in [1.54, 1.807) is 18.5 Å². The zero-order valence-electron chi connectivity index (χ0n) is 12.3. The van der Waals surface area contributed by atoms with E-state index in [9.17, 15) is 5.26 Å². The van der Waals surface area contributed by atoms with E-state index in [4.69, 9.17) is 0 Å². The fourth-order valence-electron chi connectivity index (χ4n) is 2.10. The van der Waals surface area contributed by atoms with Crippen molar-refractivity contribution in [3.8, 4) is 6.07 Å². The Balaban J connectivity index is 2.26. The third kappa shape index (κ3) is 3.93. The summed E-state index contributed by atoms with van der Waals surface area (Å²) in [5, 5.41) is 15.7. The van der Waals surface area contributed by atoms with Crippen LogP contribution in [0.25, 0.3) is 5.57 Å². The van der Waals surface area contributed by atoms with Gasteiger partial charge in [0.25, 0.3) is 0 Å². The summed E-state index contributed by atoms with van der Waals surface area (Å²) in [5.41, 5.74) is 1.86. The summed E-state index contributed by atoms with van der Waals surface area (Å²) in [7, 11) is 0. The molecule has 1 aliphatic heterocycles. The van der Waals surface area contributed by atoms with Crippen molar-refractivity contribution < 1.29 is 0 Å². The van der Waals surface area contributed by atoms with Crippen LogP contribution in [0, 0.1) is 11.3 Å². The average molecular weight is 281 g/mol. The Morgan fingerprint density at radius 2 is 2.33 bits per heavy atom. The fraction of sp³-hybridized carbons (Fsp3) is 0.312. The molecule has 1 atom stereocenters. The van der Waals surface area contributed by atoms with Gasteiger partial charge in [0.05, 0.1) is 11.4 Å². The zero-order valence-corrected chi connectivity index (χ0v) is 12.3. The van der Waals surface area contributed by atoms with Crippen LogP contribution in [0.3, 0.4) is 0 Å². The second kappa shape index (κ2) is 7.25. The van der Waals surface area contributed by atoms with Crippen LogP contribution in [-0.4, -0.2) is 16.0 Å². The molecule has 2 heterocycles. The van der Waals surface area contributed by atoms with E-state index in [0.717, 1.165) is 18.5 Å². The van der Waals surface area contributed by atoms with Crippen LogP contribution in [0.15, 0.2) is 42.4 Å². The number of aromatic nitrogens is 2. The van der Waals surface area contributed by atoms with Crippen LogP contribution >= 0.6 is 0 Å². The number of nitriles is 1. The minimum Gasteiger partial charge on any atom is -0.361 e. The maximum atomic E-state index is 9.40. The van der Waals surface area contributed by atoms with E-state index in [1.165, 1.54) is 0 Å². The van der Waals surface area contributed by atoms with Crippen molar-refractivity contribution in [3.05, 3.63) is 48.1 Å². The van der Waals surface area contributed by atoms with E-state index >= 15 is 0 Å². The molecule has 0 aromatic carbocycles. The van der Waals surface area contributed by atoms with Gasteiger partial charge in [-0.15, -0.1) is 0 Å². The minimum absolute atomic E-state index is 0.305. The molecule has 1 unspecified atom stereocenters. The molecule has 1 aromatic rings. The highest BCUT2D eigenvalue weighted by Crippen LogP contribution is 2.18. The van der Waals surface area contributed by atoms with Crippen molar-refractivity contribution in [1.29, 1.82) is 5.26 Å². The van der Waals surface area contributed by atoms with Gasteiger partial charge in [0.15, 0.2) is 0 Å². The molecule has 5 heteroatoms. The summed E-state index contributed by atoms with van der Waals surface area (Å²) >= 11 is 0. The fourth-order valence-corrected chi connectivity index (χ4v) is 2.10. The zero-order chi connectivity index (χ0) is 15.1. The number of hydrogen-bond donors (Lipinski definition) is 2. The molecule has 108 valence electrons. The number of nitrogens with zero attached hydrogens (tertiary/aromatic N) is 3. The van der Waals surface area contributed by atoms with Crippen LogP contribution in [0.1, 0.15) is 32.4 Å². The lowest BCUT2D eigenvalue weighted by Crippen LogP contribution is -2.17. The quantitative estimate of drug-likeness (QED) is 0.812. The molecule has 0 amide bonds. The van der Waals surface area contributed by atoms with E-state index in [0.29, 0.717) is 23.3 Å². The van der Waals surface area contributed by atoms with Crippen molar-refractivity contribution in [2.75, 3.05) is 5.32 Å². The normalized spacial score (nSPS) is 16.8. The highest BCUT2D eigenvalue weighted by Gasteiger charge is 2.11. The van der Waals surface area contributed by atoms with Gasteiger partial charge in [-0.05, 0) is 31.6 Å². The molecular weight excluding hydrogens is 262 g/mol. The third-order valence-corrected chi connectivity index (χ3v) is 3.10. The Morgan fingerprint density at radius 1 is 1.48 bits per heavy atom. The molecule has 1 aliphatic rings. The molecule has 0 saturated carbocycles. The lowest BCUT2D eigenvalue weighted by Gasteiger charge is -2.13. The molecule has 5 nitrogen and oxygen atoms in total. The smallest absolute Gasteiger partial charge is 0.223 e. The van der Waals surface area contributed by atoms with Gasteiger partial charge in [0, 0.05) is 18.4 Å². The van der Waals surface area contributed by atoms with Gasteiger partial charge in [0.1, 0.15) is 11.6 Å². The third-order valence-electron chi connectivity index (χ3n) is 3.10. The number of hydrogen-bond acceptors (Lipinski definition) is 5. The van der Waals surface area contributed by atoms with Gasteiger partial charge in [-0.2, -0.15) is 5.26 Å². The van der Waals surface area contributed by atoms with Gasteiger partial charge < -0.3 is 10.6 Å². The molecule has 21 heavy (non-hydrogen) atoms. The Kier molecular flexibility index (Phi) is 5.10. The molecule has 2 N–H and O–H groups in total. The van der Waals surface area contributed by atoms with Crippen molar-refractivity contribution in [3.63, 3.8) is 0 Å². The van der Waals surface area contributed by atoms with E-state index < -0.39 is 0 Å². The summed E-state index contributed by atoms with van der Waals surface area (Å²) in [5.74, 6) is 0.553. The number of anilines is 1. The van der Waals surface area contributed by atoms with Crippen LogP contribution in [-0.2, 0) is 0 Å². The van der Waals surface area contributed by atoms with E-state index in [2.05, 4.69) is 40.5 Å². The number of allylic oxidation sites excluding steroid dienone is 4. The first kappa shape index (κ1) is 14.8. The molecule has 0 spiro atoms. The average Bonchev–Trinajstić information content (AvgIpc) is 2.50. The summed E-state index contributed by atoms with van der Waals surface area (Å²) in [6.07, 6.45) is 11.2. The molecule has 0 aliphatic carbocycles. The van der Waals surface area contributed by atoms with Crippen LogP contribution in [0.4, 0.5) is 5.95 Å². The first-order valence-electron chi connectivity index (χ1n) is 7.08. The Labute approximate surface area is 125 Å². The monoisotopic (exact) mass is 281 g/mol. The first-order chi connectivity index (χ1) is 10.2. The van der Waals surface area contributed by atoms with Gasteiger partial charge in [0.2, 0.25) is 5.95 Å². The molecule has 0 radical (unpaired) electrons. The van der Waals surface area contributed by atoms with Crippen molar-refractivity contribution in [2.45, 2.75) is 32.7 Å². The topological polar surface area (TPSA) is 73.6 Å². The maximum absolute atomic E-state index is 9.40. The van der Waals surface area contributed by atoms with E-state index in [1.807, 2.05) is 18.2 Å². The SMILES string of the molecule is CCCC(C)Nc1nccc(/C(C#N)=C2/C=CC=CN2)n1. The van der Waals surface area contributed by atoms with Crippen molar-refractivity contribution in [1.82, 2.24) is 15.3 Å².